The van der Waals surface area contributed by atoms with Crippen LogP contribution in [-0.4, -0.2) is 37.2 Å². The van der Waals surface area contributed by atoms with Gasteiger partial charge in [-0.3, -0.25) is 4.79 Å². The number of pyridine rings is 1. The Hall–Kier alpha value is -4.22. The summed E-state index contributed by atoms with van der Waals surface area (Å²) in [6.45, 7) is 1.69. The number of aromatic hydroxyl groups is 1. The summed E-state index contributed by atoms with van der Waals surface area (Å²) in [6.07, 6.45) is 1.05. The number of carbonyl (C=O) groups is 2. The van der Waals surface area contributed by atoms with Gasteiger partial charge in [-0.2, -0.15) is 4.98 Å². The van der Waals surface area contributed by atoms with Gasteiger partial charge in [0.2, 0.25) is 17.6 Å². The molecule has 0 bridgehead atoms. The summed E-state index contributed by atoms with van der Waals surface area (Å²) in [6, 6.07) is 4.21. The molecule has 0 saturated carbocycles. The zero-order chi connectivity index (χ0) is 26.0. The molecule has 0 fully saturated rings. The summed E-state index contributed by atoms with van der Waals surface area (Å²) in [4.78, 5) is 32.5. The third-order valence-electron chi connectivity index (χ3n) is 5.98. The molecule has 12 heteroatoms. The first kappa shape index (κ1) is 24.9. The number of aryl methyl sites for hydroxylation is 1. The molecule has 0 aliphatic heterocycles. The monoisotopic (exact) mass is 502 g/mol. The summed E-state index contributed by atoms with van der Waals surface area (Å²) in [7, 11) is 0. The third kappa shape index (κ3) is 5.37. The number of hydrogen-bond acceptors (Lipinski definition) is 7. The van der Waals surface area contributed by atoms with Gasteiger partial charge in [-0.15, -0.1) is 0 Å². The first-order valence-corrected chi connectivity index (χ1v) is 11.0. The number of aliphatic carboxylic acids is 1. The number of halogens is 3. The number of nitrogens with zero attached hydrogens (tertiary/aromatic N) is 3. The molecule has 4 rings (SSSR count). The zero-order valence-electron chi connectivity index (χ0n) is 19.0. The van der Waals surface area contributed by atoms with Gasteiger partial charge < -0.3 is 20.1 Å². The van der Waals surface area contributed by atoms with Gasteiger partial charge in [0, 0.05) is 24.6 Å². The van der Waals surface area contributed by atoms with E-state index in [9.17, 15) is 33.0 Å². The van der Waals surface area contributed by atoms with Crippen molar-refractivity contribution >= 4 is 11.9 Å². The minimum absolute atomic E-state index is 0.0224. The molecule has 3 aromatic rings. The van der Waals surface area contributed by atoms with Crippen LogP contribution in [-0.2, 0) is 16.0 Å². The van der Waals surface area contributed by atoms with Crippen molar-refractivity contribution in [2.75, 3.05) is 0 Å². The van der Waals surface area contributed by atoms with E-state index in [0.717, 1.165) is 6.07 Å². The van der Waals surface area contributed by atoms with Crippen molar-refractivity contribution in [3.8, 4) is 17.3 Å². The molecule has 0 radical (unpaired) electrons. The maximum absolute atomic E-state index is 14.4. The van der Waals surface area contributed by atoms with Gasteiger partial charge in [-0.25, -0.2) is 22.9 Å². The second kappa shape index (κ2) is 10.2. The fraction of sp³-hybridized carbons (Fsp3) is 0.292. The van der Waals surface area contributed by atoms with E-state index in [1.165, 1.54) is 18.3 Å². The highest BCUT2D eigenvalue weighted by Gasteiger charge is 2.34. The minimum atomic E-state index is -1.34. The van der Waals surface area contributed by atoms with Crippen molar-refractivity contribution in [2.45, 2.75) is 38.5 Å². The smallest absolute Gasteiger partial charge is 0.333 e. The van der Waals surface area contributed by atoms with Crippen LogP contribution in [0, 0.1) is 23.4 Å². The number of allylic oxidation sites excluding steroid dienone is 1. The lowest BCUT2D eigenvalue weighted by Crippen LogP contribution is -2.32. The molecule has 1 aromatic carbocycles. The molecule has 0 saturated heterocycles. The molecule has 2 heterocycles. The first-order chi connectivity index (χ1) is 17.1. The molecule has 2 aromatic heterocycles. The van der Waals surface area contributed by atoms with E-state index < -0.39 is 41.2 Å². The molecule has 1 aliphatic carbocycles. The lowest BCUT2D eigenvalue weighted by molar-refractivity contribution is -0.133. The number of amides is 1. The maximum atomic E-state index is 14.4. The van der Waals surface area contributed by atoms with Crippen molar-refractivity contribution in [3.05, 3.63) is 70.6 Å². The number of nitrogens with one attached hydrogen (secondary N) is 1. The predicted octanol–water partition coefficient (Wildman–Crippen LogP) is 3.86. The number of carboxylic acid groups (broad SMARTS) is 1. The largest absolute Gasteiger partial charge is 0.506 e. The highest BCUT2D eigenvalue weighted by atomic mass is 19.2. The fourth-order valence-electron chi connectivity index (χ4n) is 4.17. The van der Waals surface area contributed by atoms with Crippen molar-refractivity contribution in [2.24, 2.45) is 5.92 Å². The number of aromatic nitrogens is 3. The summed E-state index contributed by atoms with van der Waals surface area (Å²) in [5.74, 6) is -6.22. The number of carbonyl (C=O) groups excluding carboxylic acids is 1. The van der Waals surface area contributed by atoms with Gasteiger partial charge in [0.25, 0.3) is 0 Å². The molecule has 36 heavy (non-hydrogen) atoms. The van der Waals surface area contributed by atoms with Gasteiger partial charge in [0.15, 0.2) is 11.6 Å². The van der Waals surface area contributed by atoms with E-state index in [0.29, 0.717) is 11.8 Å². The zero-order valence-corrected chi connectivity index (χ0v) is 19.0. The molecular weight excluding hydrogens is 481 g/mol. The van der Waals surface area contributed by atoms with E-state index >= 15 is 0 Å². The first-order valence-electron chi connectivity index (χ1n) is 11.0. The molecular formula is C24H21F3N4O5. The number of carboxylic acids is 1. The molecule has 188 valence electrons. The van der Waals surface area contributed by atoms with Crippen LogP contribution in [0.3, 0.4) is 0 Å². The maximum Gasteiger partial charge on any atom is 0.333 e. The van der Waals surface area contributed by atoms with Gasteiger partial charge >= 0.3 is 5.97 Å². The summed E-state index contributed by atoms with van der Waals surface area (Å²) in [5.41, 5.74) is 0.130. The third-order valence-corrected chi connectivity index (χ3v) is 5.98. The number of hydrogen-bond donors (Lipinski definition) is 3. The van der Waals surface area contributed by atoms with Gasteiger partial charge in [-0.05, 0) is 48.4 Å². The number of rotatable bonds is 7. The van der Waals surface area contributed by atoms with Crippen molar-refractivity contribution < 1.29 is 37.5 Å². The molecule has 1 aliphatic rings. The molecule has 9 nitrogen and oxygen atoms in total. The lowest BCUT2D eigenvalue weighted by atomic mass is 9.75. The second-order valence-corrected chi connectivity index (χ2v) is 8.51. The fourth-order valence-corrected chi connectivity index (χ4v) is 4.17. The SMILES string of the molecule is C[C@H]1CC(NC(=O)CCc2nc(-c3ccc(O)cn3)no2)=C(C(=O)O)C[C@H]1c1cc(F)cc(F)c1F. The molecule has 2 atom stereocenters. The van der Waals surface area contributed by atoms with Crippen LogP contribution in [0.1, 0.15) is 43.6 Å². The van der Waals surface area contributed by atoms with Gasteiger partial charge in [0.1, 0.15) is 17.3 Å². The van der Waals surface area contributed by atoms with E-state index in [1.807, 2.05) is 0 Å². The van der Waals surface area contributed by atoms with Crippen LogP contribution in [0.4, 0.5) is 13.2 Å². The van der Waals surface area contributed by atoms with E-state index in [-0.39, 0.29) is 60.0 Å². The van der Waals surface area contributed by atoms with Crippen LogP contribution in [0.2, 0.25) is 0 Å². The average molecular weight is 502 g/mol. The van der Waals surface area contributed by atoms with E-state index in [4.69, 9.17) is 4.52 Å². The van der Waals surface area contributed by atoms with Crippen LogP contribution < -0.4 is 5.32 Å². The van der Waals surface area contributed by atoms with E-state index in [2.05, 4.69) is 20.4 Å². The highest BCUT2D eigenvalue weighted by Crippen LogP contribution is 2.41. The quantitative estimate of drug-likeness (QED) is 0.414. The van der Waals surface area contributed by atoms with Crippen LogP contribution in [0.5, 0.6) is 5.75 Å². The van der Waals surface area contributed by atoms with Crippen LogP contribution in [0.15, 0.2) is 46.3 Å². The molecule has 0 unspecified atom stereocenters. The lowest BCUT2D eigenvalue weighted by Gasteiger charge is -2.32. The van der Waals surface area contributed by atoms with Crippen molar-refractivity contribution in [3.63, 3.8) is 0 Å². The Morgan fingerprint density at radius 3 is 2.67 bits per heavy atom. The van der Waals surface area contributed by atoms with Crippen LogP contribution in [0.25, 0.3) is 11.5 Å². The Kier molecular flexibility index (Phi) is 7.04. The number of benzene rings is 1. The molecule has 3 N–H and O–H groups in total. The van der Waals surface area contributed by atoms with Gasteiger partial charge in [0.05, 0.1) is 11.8 Å². The summed E-state index contributed by atoms with van der Waals surface area (Å²) < 4.78 is 46.9. The Morgan fingerprint density at radius 1 is 1.19 bits per heavy atom. The van der Waals surface area contributed by atoms with Crippen LogP contribution >= 0.6 is 0 Å². The van der Waals surface area contributed by atoms with Gasteiger partial charge in [-0.1, -0.05) is 12.1 Å². The Morgan fingerprint density at radius 2 is 1.97 bits per heavy atom. The molecule has 0 spiro atoms. The summed E-state index contributed by atoms with van der Waals surface area (Å²) in [5, 5.41) is 25.4. The molecule has 1 amide bonds. The Balaban J connectivity index is 1.44. The van der Waals surface area contributed by atoms with Crippen molar-refractivity contribution in [1.29, 1.82) is 0 Å². The summed E-state index contributed by atoms with van der Waals surface area (Å²) >= 11 is 0. The standard InChI is InChI=1S/C24H21F3N4O5/c1-11-6-19(16(24(34)35)9-14(11)15-7-12(25)8-17(26)22(15)27)29-20(33)4-5-21-30-23(31-36-21)18-3-2-13(32)10-28-18/h2-3,7-8,10-11,14,32H,4-6,9H2,1H3,(H,29,33)(H,34,35)/t11-,14+/m0/s1. The minimum Gasteiger partial charge on any atom is -0.506 e. The predicted molar refractivity (Wildman–Crippen MR) is 118 cm³/mol. The second-order valence-electron chi connectivity index (χ2n) is 8.51. The van der Waals surface area contributed by atoms with E-state index in [1.54, 1.807) is 6.92 Å². The Labute approximate surface area is 202 Å². The average Bonchev–Trinajstić information content (AvgIpc) is 3.30. The van der Waals surface area contributed by atoms with Crippen molar-refractivity contribution in [1.82, 2.24) is 20.4 Å². The Bertz CT molecular complexity index is 1340. The topological polar surface area (TPSA) is 138 Å². The normalized spacial score (nSPS) is 17.8. The highest BCUT2D eigenvalue weighted by molar-refractivity contribution is 5.89.